The second-order valence-corrected chi connectivity index (χ2v) is 3.69. The van der Waals surface area contributed by atoms with Gasteiger partial charge in [-0.25, -0.2) is 0 Å². The van der Waals surface area contributed by atoms with Crippen LogP contribution in [0.5, 0.6) is 0 Å². The van der Waals surface area contributed by atoms with E-state index in [9.17, 15) is 0 Å². The quantitative estimate of drug-likeness (QED) is 0.311. The van der Waals surface area contributed by atoms with Gasteiger partial charge in [-0.15, -0.1) is 0 Å². The summed E-state index contributed by atoms with van der Waals surface area (Å²) < 4.78 is 14.5. The van der Waals surface area contributed by atoms with Crippen LogP contribution >= 0.6 is 0 Å². The van der Waals surface area contributed by atoms with E-state index in [-0.39, 0.29) is 39.6 Å². The van der Waals surface area contributed by atoms with Gasteiger partial charge in [0.05, 0.1) is 39.6 Å². The largest absolute Gasteiger partial charge is 0.394 e. The van der Waals surface area contributed by atoms with Gasteiger partial charge < -0.3 is 44.8 Å². The molecule has 27 heavy (non-hydrogen) atoms. The molecule has 9 heteroatoms. The second-order valence-electron chi connectivity index (χ2n) is 3.69. The summed E-state index contributed by atoms with van der Waals surface area (Å²) >= 11 is 0. The van der Waals surface area contributed by atoms with Crippen molar-refractivity contribution in [3.8, 4) is 0 Å². The van der Waals surface area contributed by atoms with Gasteiger partial charge >= 0.3 is 0 Å². The first kappa shape index (κ1) is 41.1. The first-order valence-electron chi connectivity index (χ1n) is 9.37. The number of aliphatic hydroxyl groups excluding tert-OH is 6. The third-order valence-electron chi connectivity index (χ3n) is 1.52. The number of ether oxygens (including phenoxy) is 3. The minimum absolute atomic E-state index is 0.125. The molecule has 9 nitrogen and oxygen atoms in total. The normalized spacial score (nSPS) is 8.00. The van der Waals surface area contributed by atoms with Crippen molar-refractivity contribution in [2.45, 2.75) is 41.5 Å². The zero-order valence-corrected chi connectivity index (χ0v) is 18.4. The van der Waals surface area contributed by atoms with Gasteiger partial charge in [0.15, 0.2) is 0 Å². The van der Waals surface area contributed by atoms with Crippen LogP contribution in [-0.4, -0.2) is 110 Å². The maximum Gasteiger partial charge on any atom is 0.0662 e. The Labute approximate surface area is 166 Å². The van der Waals surface area contributed by atoms with Gasteiger partial charge in [0.2, 0.25) is 0 Å². The molecule has 0 aliphatic rings. The molecule has 174 valence electrons. The number of rotatable bonds is 9. The van der Waals surface area contributed by atoms with Crippen LogP contribution in [0.4, 0.5) is 0 Å². The van der Waals surface area contributed by atoms with Gasteiger partial charge in [-0.1, -0.05) is 0 Å². The lowest BCUT2D eigenvalue weighted by molar-refractivity contribution is 0.162. The van der Waals surface area contributed by atoms with Crippen LogP contribution in [0.1, 0.15) is 41.5 Å². The standard InChI is InChI=1S/3C4H10O.3C2H6O2/c3*1-3-5-4-2;3*3-1-2-4/h3*3-4H2,1-2H3;3*3-4H,1-2H2. The second kappa shape index (κ2) is 72.6. The fourth-order valence-electron chi connectivity index (χ4n) is 0.612. The summed E-state index contributed by atoms with van der Waals surface area (Å²) in [6.07, 6.45) is 0. The van der Waals surface area contributed by atoms with Crippen molar-refractivity contribution < 1.29 is 44.8 Å². The molecule has 0 atom stereocenters. The molecule has 6 N–H and O–H groups in total. The molecule has 0 bridgehead atoms. The molecule has 0 aromatic carbocycles. The third-order valence-corrected chi connectivity index (χ3v) is 1.52. The highest BCUT2D eigenvalue weighted by atomic mass is 16.5. The molecular formula is C18H48O9. The summed E-state index contributed by atoms with van der Waals surface area (Å²) in [6, 6.07) is 0. The van der Waals surface area contributed by atoms with E-state index >= 15 is 0 Å². The van der Waals surface area contributed by atoms with Crippen LogP contribution in [0.2, 0.25) is 0 Å². The van der Waals surface area contributed by atoms with Crippen molar-refractivity contribution in [1.82, 2.24) is 0 Å². The first-order valence-corrected chi connectivity index (χ1v) is 9.37. The summed E-state index contributed by atoms with van der Waals surface area (Å²) in [5.41, 5.74) is 0. The molecule has 0 aliphatic heterocycles. The highest BCUT2D eigenvalue weighted by Crippen LogP contribution is 1.65. The molecule has 0 heterocycles. The minimum Gasteiger partial charge on any atom is -0.394 e. The molecular weight excluding hydrogens is 360 g/mol. The molecule has 0 saturated heterocycles. The van der Waals surface area contributed by atoms with E-state index in [2.05, 4.69) is 0 Å². The highest BCUT2D eigenvalue weighted by Gasteiger charge is 1.65. The molecule has 0 fully saturated rings. The monoisotopic (exact) mass is 408 g/mol. The molecule has 0 aromatic heterocycles. The van der Waals surface area contributed by atoms with Crippen molar-refractivity contribution in [1.29, 1.82) is 0 Å². The van der Waals surface area contributed by atoms with E-state index in [1.807, 2.05) is 41.5 Å². The molecule has 0 radical (unpaired) electrons. The maximum atomic E-state index is 7.62. The molecule has 0 spiro atoms. The smallest absolute Gasteiger partial charge is 0.0662 e. The fraction of sp³-hybridized carbons (Fsp3) is 1.00. The van der Waals surface area contributed by atoms with E-state index in [1.165, 1.54) is 0 Å². The topological polar surface area (TPSA) is 149 Å². The summed E-state index contributed by atoms with van der Waals surface area (Å²) in [4.78, 5) is 0. The Hall–Kier alpha value is -0.360. The fourth-order valence-corrected chi connectivity index (χ4v) is 0.612. The van der Waals surface area contributed by atoms with E-state index in [0.717, 1.165) is 39.6 Å². The van der Waals surface area contributed by atoms with Crippen LogP contribution in [0.3, 0.4) is 0 Å². The SMILES string of the molecule is CCOCC.CCOCC.CCOCC.OCCO.OCCO.OCCO. The lowest BCUT2D eigenvalue weighted by atomic mass is 10.8. The molecule has 0 aliphatic carbocycles. The van der Waals surface area contributed by atoms with Gasteiger partial charge in [-0.3, -0.25) is 0 Å². The van der Waals surface area contributed by atoms with Crippen molar-refractivity contribution >= 4 is 0 Å². The van der Waals surface area contributed by atoms with E-state index < -0.39 is 0 Å². The van der Waals surface area contributed by atoms with Crippen LogP contribution < -0.4 is 0 Å². The number of hydrogen-bond donors (Lipinski definition) is 6. The van der Waals surface area contributed by atoms with Crippen molar-refractivity contribution in [3.05, 3.63) is 0 Å². The summed E-state index contributed by atoms with van der Waals surface area (Å²) in [5.74, 6) is 0. The van der Waals surface area contributed by atoms with Crippen molar-refractivity contribution in [3.63, 3.8) is 0 Å². The van der Waals surface area contributed by atoms with Gasteiger partial charge in [-0.2, -0.15) is 0 Å². The average Bonchev–Trinajstić information content (AvgIpc) is 2.71. The van der Waals surface area contributed by atoms with Gasteiger partial charge in [-0.05, 0) is 41.5 Å². The average molecular weight is 409 g/mol. The Balaban J connectivity index is -0.0000000492. The Bertz CT molecular complexity index is 106. The zero-order chi connectivity index (χ0) is 22.6. The maximum absolute atomic E-state index is 7.62. The molecule has 0 amide bonds. The number of aliphatic hydroxyl groups is 6. The zero-order valence-electron chi connectivity index (χ0n) is 18.4. The Morgan fingerprint density at radius 2 is 0.444 bits per heavy atom. The lowest BCUT2D eigenvalue weighted by Gasteiger charge is -1.86. The predicted molar refractivity (Wildman–Crippen MR) is 109 cm³/mol. The van der Waals surface area contributed by atoms with Crippen LogP contribution in [0, 0.1) is 0 Å². The van der Waals surface area contributed by atoms with Crippen LogP contribution in [-0.2, 0) is 14.2 Å². The van der Waals surface area contributed by atoms with E-state index in [1.54, 1.807) is 0 Å². The Morgan fingerprint density at radius 1 is 0.333 bits per heavy atom. The third kappa shape index (κ3) is 192. The van der Waals surface area contributed by atoms with Crippen molar-refractivity contribution in [2.24, 2.45) is 0 Å². The van der Waals surface area contributed by atoms with Crippen LogP contribution in [0.25, 0.3) is 0 Å². The molecule has 0 unspecified atom stereocenters. The van der Waals surface area contributed by atoms with E-state index in [4.69, 9.17) is 44.8 Å². The van der Waals surface area contributed by atoms with Crippen molar-refractivity contribution in [2.75, 3.05) is 79.3 Å². The Morgan fingerprint density at radius 3 is 0.444 bits per heavy atom. The van der Waals surface area contributed by atoms with Gasteiger partial charge in [0.25, 0.3) is 0 Å². The molecule has 0 saturated carbocycles. The first-order chi connectivity index (χ1) is 13.0. The lowest BCUT2D eigenvalue weighted by Crippen LogP contribution is -1.85. The highest BCUT2D eigenvalue weighted by molar-refractivity contribution is 4.08. The van der Waals surface area contributed by atoms with Crippen LogP contribution in [0.15, 0.2) is 0 Å². The molecule has 0 aromatic rings. The predicted octanol–water partition coefficient (Wildman–Crippen LogP) is 0.0414. The van der Waals surface area contributed by atoms with E-state index in [0.29, 0.717) is 0 Å². The summed E-state index contributed by atoms with van der Waals surface area (Å²) in [7, 11) is 0. The number of hydrogen-bond acceptors (Lipinski definition) is 9. The molecule has 0 rings (SSSR count). The summed E-state index contributed by atoms with van der Waals surface area (Å²) in [5, 5.41) is 45.8. The van der Waals surface area contributed by atoms with Gasteiger partial charge in [0, 0.05) is 39.6 Å². The summed E-state index contributed by atoms with van der Waals surface area (Å²) in [6.45, 7) is 16.2. The van der Waals surface area contributed by atoms with Gasteiger partial charge in [0.1, 0.15) is 0 Å². The minimum atomic E-state index is -0.125. The Kier molecular flexibility index (Phi) is 111.